The Hall–Kier alpha value is -1.64. The molecule has 1 aromatic carbocycles. The maximum Gasteiger partial charge on any atom is 0.240 e. The molecule has 140 valence electrons. The Balaban J connectivity index is 1.83. The van der Waals surface area contributed by atoms with Gasteiger partial charge in [0, 0.05) is 19.6 Å². The lowest BCUT2D eigenvalue weighted by Crippen LogP contribution is -2.42. The molecule has 0 spiro atoms. The maximum absolute atomic E-state index is 12.2. The number of carbonyl (C=O) groups excluding carboxylic acids is 1. The number of anilines is 1. The lowest BCUT2D eigenvalue weighted by atomic mass is 10.2. The molecule has 1 fully saturated rings. The van der Waals surface area contributed by atoms with Gasteiger partial charge in [0.25, 0.3) is 0 Å². The average Bonchev–Trinajstić information content (AvgIpc) is 2.56. The lowest BCUT2D eigenvalue weighted by Gasteiger charge is -2.26. The van der Waals surface area contributed by atoms with Gasteiger partial charge in [-0.3, -0.25) is 14.0 Å². The third-order valence-electron chi connectivity index (χ3n) is 4.05. The van der Waals surface area contributed by atoms with E-state index in [0.717, 1.165) is 55.4 Å². The van der Waals surface area contributed by atoms with Crippen LogP contribution in [-0.4, -0.2) is 71.4 Å². The highest BCUT2D eigenvalue weighted by molar-refractivity contribution is 7.92. The SMILES string of the molecule is Cc1cccc(N(CC(=O)NCCCN2CCOCC2)S(C)(=O)=O)c1. The van der Waals surface area contributed by atoms with Crippen LogP contribution in [0.15, 0.2) is 24.3 Å². The van der Waals surface area contributed by atoms with E-state index in [4.69, 9.17) is 4.74 Å². The maximum atomic E-state index is 12.2. The van der Waals surface area contributed by atoms with Crippen LogP contribution in [0.5, 0.6) is 0 Å². The third-order valence-corrected chi connectivity index (χ3v) is 5.19. The number of nitrogens with zero attached hydrogens (tertiary/aromatic N) is 2. The largest absolute Gasteiger partial charge is 0.379 e. The van der Waals surface area contributed by atoms with Crippen molar-refractivity contribution in [3.63, 3.8) is 0 Å². The van der Waals surface area contributed by atoms with E-state index in [0.29, 0.717) is 12.2 Å². The zero-order chi connectivity index (χ0) is 18.3. The van der Waals surface area contributed by atoms with Crippen molar-refractivity contribution >= 4 is 21.6 Å². The minimum Gasteiger partial charge on any atom is -0.379 e. The smallest absolute Gasteiger partial charge is 0.240 e. The van der Waals surface area contributed by atoms with E-state index in [1.54, 1.807) is 18.2 Å². The molecule has 7 nitrogen and oxygen atoms in total. The summed E-state index contributed by atoms with van der Waals surface area (Å²) in [6, 6.07) is 7.12. The molecule has 0 aromatic heterocycles. The van der Waals surface area contributed by atoms with Gasteiger partial charge in [-0.25, -0.2) is 8.42 Å². The number of nitrogens with one attached hydrogen (secondary N) is 1. The summed E-state index contributed by atoms with van der Waals surface area (Å²) >= 11 is 0. The molecule has 0 radical (unpaired) electrons. The zero-order valence-corrected chi connectivity index (χ0v) is 15.7. The molecular formula is C17H27N3O4S. The van der Waals surface area contributed by atoms with Crippen LogP contribution in [0, 0.1) is 6.92 Å². The normalized spacial score (nSPS) is 15.8. The second-order valence-corrected chi connectivity index (χ2v) is 8.17. The van der Waals surface area contributed by atoms with E-state index < -0.39 is 10.0 Å². The first kappa shape index (κ1) is 19.7. The van der Waals surface area contributed by atoms with Crippen LogP contribution < -0.4 is 9.62 Å². The van der Waals surface area contributed by atoms with Crippen molar-refractivity contribution in [3.8, 4) is 0 Å². The molecular weight excluding hydrogens is 342 g/mol. The minimum absolute atomic E-state index is 0.208. The van der Waals surface area contributed by atoms with E-state index >= 15 is 0 Å². The van der Waals surface area contributed by atoms with Crippen LogP contribution in [0.4, 0.5) is 5.69 Å². The summed E-state index contributed by atoms with van der Waals surface area (Å²) in [5, 5.41) is 2.81. The first-order valence-corrected chi connectivity index (χ1v) is 10.3. The van der Waals surface area contributed by atoms with E-state index in [1.165, 1.54) is 0 Å². The van der Waals surface area contributed by atoms with Crippen LogP contribution in [0.25, 0.3) is 0 Å². The Morgan fingerprint density at radius 2 is 2.04 bits per heavy atom. The molecule has 1 heterocycles. The fourth-order valence-electron chi connectivity index (χ4n) is 2.72. The molecule has 0 saturated carbocycles. The van der Waals surface area contributed by atoms with Gasteiger partial charge in [0.2, 0.25) is 15.9 Å². The molecule has 0 atom stereocenters. The van der Waals surface area contributed by atoms with Crippen molar-refractivity contribution in [2.45, 2.75) is 13.3 Å². The van der Waals surface area contributed by atoms with Crippen LogP contribution in [-0.2, 0) is 19.6 Å². The second kappa shape index (κ2) is 9.17. The standard InChI is InChI=1S/C17H27N3O4S/c1-15-5-3-6-16(13-15)20(25(2,22)23)14-17(21)18-7-4-8-19-9-11-24-12-10-19/h3,5-6,13H,4,7-12,14H2,1-2H3,(H,18,21). The summed E-state index contributed by atoms with van der Waals surface area (Å²) in [5.74, 6) is -0.297. The molecule has 0 aliphatic carbocycles. The molecule has 0 unspecified atom stereocenters. The highest BCUT2D eigenvalue weighted by atomic mass is 32.2. The van der Waals surface area contributed by atoms with Gasteiger partial charge >= 0.3 is 0 Å². The molecule has 8 heteroatoms. The Kier molecular flexibility index (Phi) is 7.22. The Morgan fingerprint density at radius 1 is 1.32 bits per heavy atom. The fraction of sp³-hybridized carbons (Fsp3) is 0.588. The zero-order valence-electron chi connectivity index (χ0n) is 14.9. The number of aryl methyl sites for hydroxylation is 1. The molecule has 1 aromatic rings. The molecule has 0 bridgehead atoms. The Labute approximate surface area is 150 Å². The van der Waals surface area contributed by atoms with Crippen molar-refractivity contribution in [3.05, 3.63) is 29.8 Å². The quantitative estimate of drug-likeness (QED) is 0.679. The van der Waals surface area contributed by atoms with Crippen molar-refractivity contribution in [1.29, 1.82) is 0 Å². The van der Waals surface area contributed by atoms with E-state index in [-0.39, 0.29) is 12.5 Å². The highest BCUT2D eigenvalue weighted by Gasteiger charge is 2.20. The first-order valence-electron chi connectivity index (χ1n) is 8.47. The number of morpholine rings is 1. The van der Waals surface area contributed by atoms with Crippen LogP contribution in [0.2, 0.25) is 0 Å². The molecule has 1 amide bonds. The van der Waals surface area contributed by atoms with Gasteiger partial charge in [0.15, 0.2) is 0 Å². The molecule has 1 aliphatic rings. The number of benzene rings is 1. The van der Waals surface area contributed by atoms with E-state index in [1.807, 2.05) is 13.0 Å². The summed E-state index contributed by atoms with van der Waals surface area (Å²) in [5.41, 5.74) is 1.45. The van der Waals surface area contributed by atoms with E-state index in [2.05, 4.69) is 10.2 Å². The average molecular weight is 369 g/mol. The van der Waals surface area contributed by atoms with Gasteiger partial charge in [0.05, 0.1) is 25.2 Å². The van der Waals surface area contributed by atoms with Gasteiger partial charge < -0.3 is 10.1 Å². The molecule has 25 heavy (non-hydrogen) atoms. The number of sulfonamides is 1. The third kappa shape index (κ3) is 6.64. The summed E-state index contributed by atoms with van der Waals surface area (Å²) < 4.78 is 30.5. The number of rotatable bonds is 8. The summed E-state index contributed by atoms with van der Waals surface area (Å²) in [6.07, 6.45) is 1.94. The summed E-state index contributed by atoms with van der Waals surface area (Å²) in [7, 11) is -3.53. The molecule has 1 aliphatic heterocycles. The number of carbonyl (C=O) groups is 1. The number of hydrogen-bond acceptors (Lipinski definition) is 5. The molecule has 2 rings (SSSR count). The Morgan fingerprint density at radius 3 is 2.68 bits per heavy atom. The topological polar surface area (TPSA) is 79.0 Å². The summed E-state index contributed by atoms with van der Waals surface area (Å²) in [4.78, 5) is 14.5. The lowest BCUT2D eigenvalue weighted by molar-refractivity contribution is -0.119. The second-order valence-electron chi connectivity index (χ2n) is 6.27. The number of amides is 1. The van der Waals surface area contributed by atoms with Crippen molar-refractivity contribution in [1.82, 2.24) is 10.2 Å². The van der Waals surface area contributed by atoms with E-state index in [9.17, 15) is 13.2 Å². The van der Waals surface area contributed by atoms with Gasteiger partial charge in [-0.2, -0.15) is 0 Å². The van der Waals surface area contributed by atoms with Crippen molar-refractivity contribution in [2.75, 3.05) is 56.5 Å². The van der Waals surface area contributed by atoms with Gasteiger partial charge in [-0.1, -0.05) is 12.1 Å². The van der Waals surface area contributed by atoms with Crippen LogP contribution >= 0.6 is 0 Å². The summed E-state index contributed by atoms with van der Waals surface area (Å²) in [6.45, 7) is 6.46. The highest BCUT2D eigenvalue weighted by Crippen LogP contribution is 2.18. The van der Waals surface area contributed by atoms with Gasteiger partial charge in [-0.05, 0) is 37.6 Å². The van der Waals surface area contributed by atoms with Crippen molar-refractivity contribution in [2.24, 2.45) is 0 Å². The molecule has 1 saturated heterocycles. The Bertz CT molecular complexity index is 672. The predicted molar refractivity (Wildman–Crippen MR) is 98.3 cm³/mol. The number of hydrogen-bond donors (Lipinski definition) is 1. The predicted octanol–water partition coefficient (Wildman–Crippen LogP) is 0.600. The monoisotopic (exact) mass is 369 g/mol. The fourth-order valence-corrected chi connectivity index (χ4v) is 3.57. The van der Waals surface area contributed by atoms with Gasteiger partial charge in [0.1, 0.15) is 6.54 Å². The minimum atomic E-state index is -3.53. The first-order chi connectivity index (χ1) is 11.9. The van der Waals surface area contributed by atoms with Gasteiger partial charge in [-0.15, -0.1) is 0 Å². The van der Waals surface area contributed by atoms with Crippen LogP contribution in [0.1, 0.15) is 12.0 Å². The number of ether oxygens (including phenoxy) is 1. The van der Waals surface area contributed by atoms with Crippen LogP contribution in [0.3, 0.4) is 0 Å². The molecule has 1 N–H and O–H groups in total. The van der Waals surface area contributed by atoms with Crippen molar-refractivity contribution < 1.29 is 17.9 Å².